The molecule has 18 heavy (non-hydrogen) atoms. The Labute approximate surface area is 109 Å². The van der Waals surface area contributed by atoms with Crippen LogP contribution in [0.1, 0.15) is 49.1 Å². The maximum atomic E-state index is 10.2. The van der Waals surface area contributed by atoms with Gasteiger partial charge in [-0.3, -0.25) is 0 Å². The van der Waals surface area contributed by atoms with Crippen LogP contribution in [0.15, 0.2) is 18.2 Å². The first kappa shape index (κ1) is 10.9. The van der Waals surface area contributed by atoms with Gasteiger partial charge in [-0.05, 0) is 80.2 Å². The molecule has 4 bridgehead atoms. The zero-order valence-electron chi connectivity index (χ0n) is 11.1. The minimum absolute atomic E-state index is 0.540. The highest BCUT2D eigenvalue weighted by Crippen LogP contribution is 2.60. The third-order valence-corrected chi connectivity index (χ3v) is 5.77. The molecule has 4 fully saturated rings. The number of rotatable bonds is 1. The summed E-state index contributed by atoms with van der Waals surface area (Å²) in [4.78, 5) is 0. The van der Waals surface area contributed by atoms with Crippen LogP contribution in [0.2, 0.25) is 0 Å². The van der Waals surface area contributed by atoms with Crippen molar-refractivity contribution < 1.29 is 5.11 Å². The quantitative estimate of drug-likeness (QED) is 0.781. The second kappa shape index (κ2) is 3.76. The maximum Gasteiger partial charge on any atom is 0.119 e. The molecule has 1 aromatic rings. The summed E-state index contributed by atoms with van der Waals surface area (Å²) in [6, 6.07) is 6.16. The number of benzene rings is 1. The summed E-state index contributed by atoms with van der Waals surface area (Å²) in [5, 5.41) is 10.2. The molecule has 4 aliphatic carbocycles. The van der Waals surface area contributed by atoms with E-state index < -0.39 is 0 Å². The van der Waals surface area contributed by atoms with Crippen LogP contribution >= 0.6 is 0 Å². The molecular formula is C17H22O. The average Bonchev–Trinajstić information content (AvgIpc) is 2.32. The fourth-order valence-electron chi connectivity index (χ4n) is 5.37. The predicted molar refractivity (Wildman–Crippen MR) is 72.6 cm³/mol. The summed E-state index contributed by atoms with van der Waals surface area (Å²) in [5.74, 6) is 4.92. The number of hydrogen-bond donors (Lipinski definition) is 1. The third kappa shape index (κ3) is 1.52. The molecule has 0 spiro atoms. The van der Waals surface area contributed by atoms with E-state index in [1.54, 1.807) is 0 Å². The summed E-state index contributed by atoms with van der Waals surface area (Å²) >= 11 is 0. The molecule has 0 amide bonds. The van der Waals surface area contributed by atoms with Crippen molar-refractivity contribution in [3.8, 4) is 5.75 Å². The number of aryl methyl sites for hydroxylation is 1. The van der Waals surface area contributed by atoms with Crippen LogP contribution in [-0.2, 0) is 0 Å². The predicted octanol–water partition coefficient (Wildman–Crippen LogP) is 4.24. The van der Waals surface area contributed by atoms with Gasteiger partial charge < -0.3 is 5.11 Å². The lowest BCUT2D eigenvalue weighted by atomic mass is 9.50. The van der Waals surface area contributed by atoms with Gasteiger partial charge in [-0.2, -0.15) is 0 Å². The molecule has 5 rings (SSSR count). The lowest BCUT2D eigenvalue weighted by Crippen LogP contribution is -2.43. The zero-order chi connectivity index (χ0) is 12.3. The van der Waals surface area contributed by atoms with Crippen molar-refractivity contribution in [1.82, 2.24) is 0 Å². The average molecular weight is 242 g/mol. The van der Waals surface area contributed by atoms with Crippen molar-refractivity contribution in [1.29, 1.82) is 0 Å². The van der Waals surface area contributed by atoms with Gasteiger partial charge in [0.1, 0.15) is 5.75 Å². The van der Waals surface area contributed by atoms with Gasteiger partial charge in [0, 0.05) is 0 Å². The van der Waals surface area contributed by atoms with Crippen LogP contribution in [-0.4, -0.2) is 5.11 Å². The molecule has 0 atom stereocenters. The highest BCUT2D eigenvalue weighted by Gasteiger charge is 2.49. The number of phenols is 1. The largest absolute Gasteiger partial charge is 0.508 e. The molecule has 1 heteroatoms. The second-order valence-electron chi connectivity index (χ2n) is 7.02. The first-order valence-corrected chi connectivity index (χ1v) is 7.50. The van der Waals surface area contributed by atoms with E-state index in [1.165, 1.54) is 43.2 Å². The van der Waals surface area contributed by atoms with E-state index in [0.717, 1.165) is 23.7 Å². The Kier molecular flexibility index (Phi) is 2.27. The van der Waals surface area contributed by atoms with Crippen molar-refractivity contribution in [2.24, 2.45) is 23.7 Å². The Morgan fingerprint density at radius 1 is 0.944 bits per heavy atom. The highest BCUT2D eigenvalue weighted by atomic mass is 16.3. The fraction of sp³-hybridized carbons (Fsp3) is 0.647. The summed E-state index contributed by atoms with van der Waals surface area (Å²) in [7, 11) is 0. The smallest absolute Gasteiger partial charge is 0.119 e. The van der Waals surface area contributed by atoms with Gasteiger partial charge in [0.2, 0.25) is 0 Å². The van der Waals surface area contributed by atoms with Gasteiger partial charge in [0.05, 0.1) is 0 Å². The van der Waals surface area contributed by atoms with E-state index in [-0.39, 0.29) is 0 Å². The van der Waals surface area contributed by atoms with Crippen LogP contribution in [0.25, 0.3) is 0 Å². The van der Waals surface area contributed by atoms with Crippen LogP contribution in [0, 0.1) is 30.6 Å². The molecule has 0 unspecified atom stereocenters. The molecule has 0 saturated heterocycles. The van der Waals surface area contributed by atoms with Crippen LogP contribution < -0.4 is 0 Å². The lowest BCUT2D eigenvalue weighted by molar-refractivity contribution is -0.00348. The summed E-state index contributed by atoms with van der Waals surface area (Å²) < 4.78 is 0. The van der Waals surface area contributed by atoms with Crippen molar-refractivity contribution in [2.45, 2.75) is 44.9 Å². The molecule has 1 nitrogen and oxygen atoms in total. The Morgan fingerprint density at radius 2 is 1.56 bits per heavy atom. The van der Waals surface area contributed by atoms with Gasteiger partial charge in [-0.15, -0.1) is 0 Å². The molecular weight excluding hydrogens is 220 g/mol. The summed E-state index contributed by atoms with van der Waals surface area (Å²) in [6.07, 6.45) is 7.19. The van der Waals surface area contributed by atoms with E-state index in [0.29, 0.717) is 11.7 Å². The Balaban J connectivity index is 1.74. The molecule has 0 aliphatic heterocycles. The highest BCUT2D eigenvalue weighted by molar-refractivity contribution is 5.40. The second-order valence-corrected chi connectivity index (χ2v) is 7.02. The van der Waals surface area contributed by atoms with E-state index in [4.69, 9.17) is 0 Å². The van der Waals surface area contributed by atoms with E-state index in [9.17, 15) is 5.11 Å². The monoisotopic (exact) mass is 242 g/mol. The van der Waals surface area contributed by atoms with E-state index >= 15 is 0 Å². The summed E-state index contributed by atoms with van der Waals surface area (Å²) in [6.45, 7) is 2.14. The van der Waals surface area contributed by atoms with Crippen LogP contribution in [0.4, 0.5) is 0 Å². The molecule has 0 radical (unpaired) electrons. The van der Waals surface area contributed by atoms with E-state index in [1.807, 2.05) is 12.1 Å². The Hall–Kier alpha value is -0.980. The molecule has 1 aromatic carbocycles. The molecule has 0 aromatic heterocycles. The van der Waals surface area contributed by atoms with Crippen molar-refractivity contribution in [3.05, 3.63) is 29.3 Å². The molecule has 4 aliphatic rings. The standard InChI is InChI=1S/C17H22O/c1-10-2-3-16(18)15(4-10)17-13-6-11-5-12(8-13)9-14(17)7-11/h2-4,11-14,17-18H,5-9H2,1H3. The number of phenolic OH excluding ortho intramolecular Hbond substituents is 1. The minimum Gasteiger partial charge on any atom is -0.508 e. The van der Waals surface area contributed by atoms with Crippen LogP contribution in [0.3, 0.4) is 0 Å². The van der Waals surface area contributed by atoms with Gasteiger partial charge in [-0.1, -0.05) is 17.7 Å². The lowest BCUT2D eigenvalue weighted by Gasteiger charge is -2.54. The Bertz CT molecular complexity index is 448. The molecule has 96 valence electrons. The first-order valence-electron chi connectivity index (χ1n) is 7.50. The van der Waals surface area contributed by atoms with Crippen molar-refractivity contribution in [2.75, 3.05) is 0 Å². The van der Waals surface area contributed by atoms with Gasteiger partial charge in [0.15, 0.2) is 0 Å². The van der Waals surface area contributed by atoms with Gasteiger partial charge >= 0.3 is 0 Å². The third-order valence-electron chi connectivity index (χ3n) is 5.77. The minimum atomic E-state index is 0.540. The summed E-state index contributed by atoms with van der Waals surface area (Å²) in [5.41, 5.74) is 2.54. The van der Waals surface area contributed by atoms with E-state index in [2.05, 4.69) is 13.0 Å². The normalized spacial score (nSPS) is 41.3. The van der Waals surface area contributed by atoms with Crippen molar-refractivity contribution in [3.63, 3.8) is 0 Å². The topological polar surface area (TPSA) is 20.2 Å². The Morgan fingerprint density at radius 3 is 2.17 bits per heavy atom. The fourth-order valence-corrected chi connectivity index (χ4v) is 5.37. The van der Waals surface area contributed by atoms with Gasteiger partial charge in [0.25, 0.3) is 0 Å². The zero-order valence-corrected chi connectivity index (χ0v) is 11.1. The molecule has 4 saturated carbocycles. The van der Waals surface area contributed by atoms with Crippen molar-refractivity contribution >= 4 is 0 Å². The first-order chi connectivity index (χ1) is 8.70. The maximum absolute atomic E-state index is 10.2. The number of hydrogen-bond acceptors (Lipinski definition) is 1. The molecule has 1 N–H and O–H groups in total. The van der Waals surface area contributed by atoms with Crippen LogP contribution in [0.5, 0.6) is 5.75 Å². The molecule has 0 heterocycles. The number of aromatic hydroxyl groups is 1. The van der Waals surface area contributed by atoms with Gasteiger partial charge in [-0.25, -0.2) is 0 Å². The SMILES string of the molecule is Cc1ccc(O)c(C2C3CC4CC(C3)CC2C4)c1.